The summed E-state index contributed by atoms with van der Waals surface area (Å²) >= 11 is 0. The third kappa shape index (κ3) is 16.7. The number of aromatic amines is 1. The molecule has 0 spiro atoms. The van der Waals surface area contributed by atoms with Gasteiger partial charge < -0.3 is 42.6 Å². The van der Waals surface area contributed by atoms with Crippen LogP contribution in [-0.2, 0) is 53.3 Å². The lowest BCUT2D eigenvalue weighted by Gasteiger charge is -2.43. The van der Waals surface area contributed by atoms with Crippen LogP contribution in [-0.4, -0.2) is 105 Å². The van der Waals surface area contributed by atoms with Crippen molar-refractivity contribution in [2.24, 2.45) is 29.6 Å². The molecule has 2 N–H and O–H groups in total. The second-order valence-corrected chi connectivity index (χ2v) is 26.8. The number of aromatic nitrogens is 2. The maximum absolute atomic E-state index is 13.7. The number of amides is 1. The molecule has 0 aromatic carbocycles. The van der Waals surface area contributed by atoms with Crippen molar-refractivity contribution in [3.63, 3.8) is 0 Å². The number of rotatable bonds is 27. The topological polar surface area (TPSA) is 187 Å². The number of esters is 1. The SMILES string of the molecule is [C-]#[N+]CCOP(O[C@@H]1C(O[Si](C)(C)C(C)(C)C)[C@H](c2cn(CCC(=O)NCCCC(=O)CCCCOC3OC(COC(C)=O)C(C)C(C)C3C)c(=O)[nH]c2=O)O[C@@H]1CC)C(C(C)C)C(C)C. The van der Waals surface area contributed by atoms with Crippen LogP contribution in [0.2, 0.25) is 18.1 Å². The minimum Gasteiger partial charge on any atom is -0.463 e. The molecule has 1 amide bonds. The number of hydrogen-bond donors (Lipinski definition) is 2. The van der Waals surface area contributed by atoms with Crippen molar-refractivity contribution in [3.05, 3.63) is 44.0 Å². The molecule has 0 saturated carbocycles. The van der Waals surface area contributed by atoms with Crippen molar-refractivity contribution < 1.29 is 46.8 Å². The number of Topliss-reactive ketones (excluding diaryl/α,β-unsaturated/α-hetero) is 1. The number of ether oxygens (including phenoxy) is 4. The molecule has 1 aromatic heterocycles. The molecule has 2 fully saturated rings. The minimum atomic E-state index is -2.51. The van der Waals surface area contributed by atoms with Gasteiger partial charge in [0.15, 0.2) is 23.0 Å². The summed E-state index contributed by atoms with van der Waals surface area (Å²) in [4.78, 5) is 69.7. The first-order valence-electron chi connectivity index (χ1n) is 24.2. The molecule has 0 radical (unpaired) electrons. The Morgan fingerprint density at radius 3 is 2.21 bits per heavy atom. The van der Waals surface area contributed by atoms with Crippen LogP contribution >= 0.6 is 8.38 Å². The molecule has 10 atom stereocenters. The number of carbonyl (C=O) groups is 3. The van der Waals surface area contributed by atoms with Gasteiger partial charge in [-0.25, -0.2) is 11.4 Å². The van der Waals surface area contributed by atoms with E-state index >= 15 is 0 Å². The van der Waals surface area contributed by atoms with E-state index in [9.17, 15) is 24.0 Å². The van der Waals surface area contributed by atoms with Crippen LogP contribution in [0.3, 0.4) is 0 Å². The zero-order valence-electron chi connectivity index (χ0n) is 42.4. The smallest absolute Gasteiger partial charge is 0.328 e. The van der Waals surface area contributed by atoms with Gasteiger partial charge in [-0.2, -0.15) is 0 Å². The van der Waals surface area contributed by atoms with E-state index in [1.165, 1.54) is 17.7 Å². The molecule has 18 heteroatoms. The first kappa shape index (κ1) is 57.5. The molecule has 3 rings (SSSR count). The molecule has 3 heterocycles. The first-order chi connectivity index (χ1) is 30.9. The number of carbonyl (C=O) groups excluding carboxylic acids is 3. The Labute approximate surface area is 396 Å². The number of ketones is 1. The maximum atomic E-state index is 13.7. The highest BCUT2D eigenvalue weighted by Gasteiger charge is 2.53. The van der Waals surface area contributed by atoms with E-state index in [-0.39, 0.29) is 96.4 Å². The van der Waals surface area contributed by atoms with Crippen molar-refractivity contribution in [3.8, 4) is 0 Å². The fourth-order valence-electron chi connectivity index (χ4n) is 8.35. The third-order valence-electron chi connectivity index (χ3n) is 13.7. The molecule has 2 aliphatic rings. The van der Waals surface area contributed by atoms with Gasteiger partial charge in [0, 0.05) is 63.7 Å². The van der Waals surface area contributed by atoms with Gasteiger partial charge in [0.1, 0.15) is 37.3 Å². The third-order valence-corrected chi connectivity index (χ3v) is 20.7. The van der Waals surface area contributed by atoms with Crippen molar-refractivity contribution in [2.75, 3.05) is 32.9 Å². The van der Waals surface area contributed by atoms with Crippen molar-refractivity contribution in [1.82, 2.24) is 14.9 Å². The molecule has 2 saturated heterocycles. The van der Waals surface area contributed by atoms with Crippen LogP contribution in [0.4, 0.5) is 0 Å². The van der Waals surface area contributed by atoms with E-state index in [0.29, 0.717) is 57.6 Å². The fraction of sp³-hybridized carbons (Fsp3) is 0.833. The van der Waals surface area contributed by atoms with E-state index in [1.54, 1.807) is 0 Å². The first-order valence-corrected chi connectivity index (χ1v) is 28.4. The van der Waals surface area contributed by atoms with E-state index < -0.39 is 58.6 Å². The van der Waals surface area contributed by atoms with Crippen LogP contribution in [0.1, 0.15) is 140 Å². The minimum absolute atomic E-state index is 0.00712. The summed E-state index contributed by atoms with van der Waals surface area (Å²) in [5, 5.41) is 2.67. The molecular weight excluding hydrogens is 884 g/mol. The van der Waals surface area contributed by atoms with Crippen molar-refractivity contribution >= 4 is 34.4 Å². The quantitative estimate of drug-likeness (QED) is 0.0283. The monoisotopic (exact) mass is 967 g/mol. The largest absolute Gasteiger partial charge is 0.463 e. The zero-order valence-corrected chi connectivity index (χ0v) is 44.3. The number of nitrogens with zero attached hydrogens (tertiary/aromatic N) is 2. The van der Waals surface area contributed by atoms with Crippen LogP contribution in [0.25, 0.3) is 4.85 Å². The average Bonchev–Trinajstić information content (AvgIpc) is 3.55. The molecule has 7 unspecified atom stereocenters. The summed E-state index contributed by atoms with van der Waals surface area (Å²) in [6, 6.07) is 0. The lowest BCUT2D eigenvalue weighted by atomic mass is 9.79. The Kier molecular flexibility index (Phi) is 23.4. The average molecular weight is 967 g/mol. The molecule has 2 aliphatic heterocycles. The summed E-state index contributed by atoms with van der Waals surface area (Å²) in [5.74, 6) is 0.651. The highest BCUT2D eigenvalue weighted by atomic mass is 31.2. The number of nitrogens with one attached hydrogen (secondary N) is 2. The molecule has 16 nitrogen and oxygen atoms in total. The fourth-order valence-corrected chi connectivity index (χ4v) is 11.8. The number of H-pyrrole nitrogens is 1. The number of aryl methyl sites for hydroxylation is 1. The number of hydrogen-bond acceptors (Lipinski definition) is 12. The molecule has 0 bridgehead atoms. The Hall–Kier alpha value is -2.81. The maximum Gasteiger partial charge on any atom is 0.328 e. The van der Waals surface area contributed by atoms with Gasteiger partial charge >= 0.3 is 11.7 Å². The van der Waals surface area contributed by atoms with Crippen LogP contribution in [0.5, 0.6) is 0 Å². The molecular formula is C48H83N4O12PSi. The molecule has 376 valence electrons. The number of unbranched alkanes of at least 4 members (excludes halogenated alkanes) is 1. The predicted molar refractivity (Wildman–Crippen MR) is 258 cm³/mol. The summed E-state index contributed by atoms with van der Waals surface area (Å²) in [5.41, 5.74) is -0.972. The van der Waals surface area contributed by atoms with Gasteiger partial charge in [0.2, 0.25) is 12.5 Å². The van der Waals surface area contributed by atoms with Crippen molar-refractivity contribution in [2.45, 2.75) is 195 Å². The van der Waals surface area contributed by atoms with Gasteiger partial charge in [-0.1, -0.05) is 76.2 Å². The molecule has 66 heavy (non-hydrogen) atoms. The molecule has 1 aromatic rings. The van der Waals surface area contributed by atoms with E-state index in [2.05, 4.69) is 97.5 Å². The second-order valence-electron chi connectivity index (χ2n) is 20.4. The lowest BCUT2D eigenvalue weighted by Crippen LogP contribution is -2.49. The zero-order chi connectivity index (χ0) is 49.5. The highest BCUT2D eigenvalue weighted by Crippen LogP contribution is 2.55. The second kappa shape index (κ2) is 26.8. The molecule has 0 aliphatic carbocycles. The summed E-state index contributed by atoms with van der Waals surface area (Å²) in [7, 11) is -4.02. The van der Waals surface area contributed by atoms with E-state index in [1.807, 2.05) is 6.92 Å². The van der Waals surface area contributed by atoms with Crippen molar-refractivity contribution in [1.29, 1.82) is 0 Å². The predicted octanol–water partition coefficient (Wildman–Crippen LogP) is 8.33. The standard InChI is InChI=1S/C48H83N4O12PSi/c1-16-38-42(63-65(60-27-24-49-13)44(30(2)3)31(4)5)43(64-66(14,15)48(10,11)12)41(61-38)37-28-52(47(57)51-45(37)56)25-22-40(55)50-23-19-21-36(54)20-17-18-26-58-46-34(8)32(6)33(7)39(62-46)29-59-35(9)53/h28,30-34,38-39,41-44,46H,16-27,29H2,1-12,14-15H3,(H,50,55)(H,51,56,57)/t32?,33?,34?,38-,39?,41+,42+,43?,46?,65?/m1/s1. The van der Waals surface area contributed by atoms with Crippen LogP contribution < -0.4 is 16.6 Å². The lowest BCUT2D eigenvalue weighted by molar-refractivity contribution is -0.255. The Morgan fingerprint density at radius 1 is 0.939 bits per heavy atom. The highest BCUT2D eigenvalue weighted by molar-refractivity contribution is 7.48. The van der Waals surface area contributed by atoms with Gasteiger partial charge in [-0.3, -0.25) is 28.7 Å². The Morgan fingerprint density at radius 2 is 1.61 bits per heavy atom. The summed E-state index contributed by atoms with van der Waals surface area (Å²) in [6.45, 7) is 37.7. The Bertz CT molecular complexity index is 1850. The van der Waals surface area contributed by atoms with Gasteiger partial charge in [-0.05, 0) is 67.5 Å². The van der Waals surface area contributed by atoms with E-state index in [0.717, 1.165) is 0 Å². The van der Waals surface area contributed by atoms with E-state index in [4.69, 9.17) is 39.0 Å². The van der Waals surface area contributed by atoms with Crippen LogP contribution in [0.15, 0.2) is 15.8 Å². The van der Waals surface area contributed by atoms with Crippen LogP contribution in [0, 0.1) is 36.2 Å². The summed E-state index contributed by atoms with van der Waals surface area (Å²) < 4.78 is 45.9. The van der Waals surface area contributed by atoms with Gasteiger partial charge in [0.25, 0.3) is 5.56 Å². The summed E-state index contributed by atoms with van der Waals surface area (Å²) in [6.07, 6.45) is 1.31. The van der Waals surface area contributed by atoms with Gasteiger partial charge in [0.05, 0.1) is 17.8 Å². The normalized spacial score (nSPS) is 25.3. The Balaban J connectivity index is 1.61. The van der Waals surface area contributed by atoms with Gasteiger partial charge in [-0.15, -0.1) is 0 Å².